The van der Waals surface area contributed by atoms with Crippen LogP contribution in [-0.2, 0) is 27.2 Å². The van der Waals surface area contributed by atoms with Gasteiger partial charge in [-0.25, -0.2) is 4.98 Å². The molecule has 2 N–H and O–H groups in total. The molecule has 2 aliphatic rings. The largest absolute Gasteiger partial charge is 0.343 e. The van der Waals surface area contributed by atoms with Gasteiger partial charge >= 0.3 is 0 Å². The number of hydrogen-bond donors (Lipinski definition) is 2. The maximum atomic E-state index is 13.4. The SMILES string of the molecule is CCCc1cc(N(C)C(=O)CN2CN3CC(=O)Nc4cccc2c43)ccc1Cc1cccnc1NC=O. The van der Waals surface area contributed by atoms with Crippen LogP contribution in [0.4, 0.5) is 28.6 Å². The third-order valence-corrected chi connectivity index (χ3v) is 6.89. The summed E-state index contributed by atoms with van der Waals surface area (Å²) in [5, 5.41) is 5.59. The predicted octanol–water partition coefficient (Wildman–Crippen LogP) is 3.39. The van der Waals surface area contributed by atoms with E-state index in [-0.39, 0.29) is 24.9 Å². The van der Waals surface area contributed by atoms with Crippen LogP contribution in [0.25, 0.3) is 0 Å². The molecule has 9 nitrogen and oxygen atoms in total. The number of nitrogens with zero attached hydrogens (tertiary/aromatic N) is 4. The summed E-state index contributed by atoms with van der Waals surface area (Å²) in [5.41, 5.74) is 6.80. The lowest BCUT2D eigenvalue weighted by molar-refractivity contribution is -0.117. The molecule has 37 heavy (non-hydrogen) atoms. The summed E-state index contributed by atoms with van der Waals surface area (Å²) in [4.78, 5) is 46.4. The van der Waals surface area contributed by atoms with Crippen molar-refractivity contribution in [3.63, 3.8) is 0 Å². The molecule has 0 saturated heterocycles. The Morgan fingerprint density at radius 2 is 2.03 bits per heavy atom. The minimum atomic E-state index is -0.0427. The zero-order valence-electron chi connectivity index (χ0n) is 21.0. The van der Waals surface area contributed by atoms with E-state index in [9.17, 15) is 14.4 Å². The van der Waals surface area contributed by atoms with Gasteiger partial charge in [0.15, 0.2) is 0 Å². The molecule has 5 rings (SSSR count). The third-order valence-electron chi connectivity index (χ3n) is 6.89. The lowest BCUT2D eigenvalue weighted by Crippen LogP contribution is -2.43. The molecule has 3 aromatic rings. The number of nitrogens with one attached hydrogen (secondary N) is 2. The van der Waals surface area contributed by atoms with Crippen molar-refractivity contribution < 1.29 is 14.4 Å². The monoisotopic (exact) mass is 498 g/mol. The number of aromatic nitrogens is 1. The number of carbonyl (C=O) groups excluding carboxylic acids is 3. The van der Waals surface area contributed by atoms with E-state index in [1.807, 2.05) is 46.2 Å². The summed E-state index contributed by atoms with van der Waals surface area (Å²) in [5.74, 6) is 0.482. The van der Waals surface area contributed by atoms with E-state index in [0.717, 1.165) is 46.7 Å². The summed E-state index contributed by atoms with van der Waals surface area (Å²) in [6.45, 7) is 3.12. The number of carbonyl (C=O) groups is 3. The molecule has 0 atom stereocenters. The standard InChI is InChI=1S/C28H30N6O3/c1-3-6-19-14-22(11-10-20(19)13-21-7-5-12-29-28(21)30-17-35)32(2)26(37)16-33-18-34-15-25(36)31-23-8-4-9-24(33)27(23)34/h4-5,7-12,14,17H,3,6,13,15-16,18H2,1-2H3,(H,31,36)(H,29,30,35). The Kier molecular flexibility index (Phi) is 6.76. The molecule has 0 bridgehead atoms. The lowest BCUT2D eigenvalue weighted by Gasteiger charge is -2.26. The second-order valence-corrected chi connectivity index (χ2v) is 9.36. The van der Waals surface area contributed by atoms with Crippen molar-refractivity contribution in [2.45, 2.75) is 26.2 Å². The smallest absolute Gasteiger partial charge is 0.246 e. The van der Waals surface area contributed by atoms with Gasteiger partial charge in [-0.1, -0.05) is 31.5 Å². The normalized spacial score (nSPS) is 13.7. The Morgan fingerprint density at radius 1 is 1.16 bits per heavy atom. The van der Waals surface area contributed by atoms with E-state index in [0.29, 0.717) is 25.3 Å². The average molecular weight is 499 g/mol. The Labute approximate surface area is 216 Å². The number of hydrogen-bond acceptors (Lipinski definition) is 6. The summed E-state index contributed by atoms with van der Waals surface area (Å²) in [6.07, 6.45) is 4.77. The average Bonchev–Trinajstić information content (AvgIpc) is 3.23. The molecule has 1 aromatic heterocycles. The van der Waals surface area contributed by atoms with Crippen LogP contribution in [0.15, 0.2) is 54.7 Å². The lowest BCUT2D eigenvalue weighted by atomic mass is 9.96. The van der Waals surface area contributed by atoms with Crippen LogP contribution >= 0.6 is 0 Å². The molecule has 0 spiro atoms. The Balaban J connectivity index is 1.34. The number of aryl methyl sites for hydroxylation is 1. The zero-order chi connectivity index (χ0) is 25.9. The number of benzene rings is 2. The van der Waals surface area contributed by atoms with Gasteiger partial charge in [-0.05, 0) is 53.4 Å². The van der Waals surface area contributed by atoms with E-state index in [4.69, 9.17) is 0 Å². The summed E-state index contributed by atoms with van der Waals surface area (Å²) < 4.78 is 0. The molecule has 2 aromatic carbocycles. The van der Waals surface area contributed by atoms with Crippen molar-refractivity contribution >= 4 is 46.8 Å². The zero-order valence-corrected chi connectivity index (χ0v) is 21.0. The summed E-state index contributed by atoms with van der Waals surface area (Å²) in [6, 6.07) is 15.7. The predicted molar refractivity (Wildman–Crippen MR) is 145 cm³/mol. The second-order valence-electron chi connectivity index (χ2n) is 9.36. The molecule has 0 unspecified atom stereocenters. The van der Waals surface area contributed by atoms with Gasteiger partial charge in [-0.15, -0.1) is 0 Å². The van der Waals surface area contributed by atoms with Crippen molar-refractivity contribution in [1.82, 2.24) is 4.98 Å². The first-order valence-electron chi connectivity index (χ1n) is 12.4. The van der Waals surface area contributed by atoms with E-state index in [2.05, 4.69) is 34.7 Å². The second kappa shape index (κ2) is 10.3. The van der Waals surface area contributed by atoms with Crippen molar-refractivity contribution in [3.05, 3.63) is 71.4 Å². The molecule has 2 aliphatic heterocycles. The van der Waals surface area contributed by atoms with Gasteiger partial charge in [-0.2, -0.15) is 0 Å². The van der Waals surface area contributed by atoms with Gasteiger partial charge < -0.3 is 25.3 Å². The molecule has 0 aliphatic carbocycles. The first-order chi connectivity index (χ1) is 18.0. The molecule has 0 radical (unpaired) electrons. The highest BCUT2D eigenvalue weighted by Gasteiger charge is 2.34. The fourth-order valence-electron chi connectivity index (χ4n) is 5.08. The molecule has 0 saturated carbocycles. The number of rotatable bonds is 9. The van der Waals surface area contributed by atoms with Crippen molar-refractivity contribution in [1.29, 1.82) is 0 Å². The van der Waals surface area contributed by atoms with E-state index in [1.54, 1.807) is 18.1 Å². The Bertz CT molecular complexity index is 1360. The maximum absolute atomic E-state index is 13.4. The van der Waals surface area contributed by atoms with Crippen LogP contribution in [0, 0.1) is 0 Å². The maximum Gasteiger partial charge on any atom is 0.246 e. The highest BCUT2D eigenvalue weighted by Crippen LogP contribution is 2.43. The minimum absolute atomic E-state index is 0.0309. The summed E-state index contributed by atoms with van der Waals surface area (Å²) in [7, 11) is 1.80. The van der Waals surface area contributed by atoms with Crippen LogP contribution in [0.5, 0.6) is 0 Å². The molecule has 3 amide bonds. The fraction of sp³-hybridized carbons (Fsp3) is 0.286. The van der Waals surface area contributed by atoms with E-state index >= 15 is 0 Å². The van der Waals surface area contributed by atoms with Gasteiger partial charge in [0.1, 0.15) is 5.82 Å². The molecule has 190 valence electrons. The van der Waals surface area contributed by atoms with Crippen molar-refractivity contribution in [3.8, 4) is 0 Å². The summed E-state index contributed by atoms with van der Waals surface area (Å²) >= 11 is 0. The van der Waals surface area contributed by atoms with Crippen LogP contribution in [0.3, 0.4) is 0 Å². The van der Waals surface area contributed by atoms with Gasteiger partial charge in [-0.3, -0.25) is 14.4 Å². The highest BCUT2D eigenvalue weighted by atomic mass is 16.2. The van der Waals surface area contributed by atoms with Gasteiger partial charge in [0.2, 0.25) is 18.2 Å². The van der Waals surface area contributed by atoms with Crippen LogP contribution in [-0.4, -0.2) is 50.0 Å². The van der Waals surface area contributed by atoms with Crippen LogP contribution < -0.4 is 25.3 Å². The molecule has 0 fully saturated rings. The topological polar surface area (TPSA) is 97.9 Å². The quantitative estimate of drug-likeness (QED) is 0.439. The number of pyridine rings is 1. The fourth-order valence-corrected chi connectivity index (χ4v) is 5.08. The first kappa shape index (κ1) is 24.3. The van der Waals surface area contributed by atoms with Gasteiger partial charge in [0, 0.05) is 25.4 Å². The molecular formula is C28H30N6O3. The third kappa shape index (κ3) is 4.84. The number of amides is 3. The first-order valence-corrected chi connectivity index (χ1v) is 12.4. The van der Waals surface area contributed by atoms with E-state index in [1.165, 1.54) is 5.56 Å². The number of para-hydroxylation sites is 1. The number of likely N-dealkylation sites (N-methyl/N-ethyl adjacent to an activating group) is 1. The Morgan fingerprint density at radius 3 is 2.84 bits per heavy atom. The van der Waals surface area contributed by atoms with Crippen LogP contribution in [0.2, 0.25) is 0 Å². The van der Waals surface area contributed by atoms with Crippen LogP contribution in [0.1, 0.15) is 30.0 Å². The van der Waals surface area contributed by atoms with E-state index < -0.39 is 0 Å². The highest BCUT2D eigenvalue weighted by molar-refractivity contribution is 6.06. The van der Waals surface area contributed by atoms with Gasteiger partial charge in [0.25, 0.3) is 0 Å². The Hall–Kier alpha value is -4.40. The molecular weight excluding hydrogens is 468 g/mol. The van der Waals surface area contributed by atoms with Gasteiger partial charge in [0.05, 0.1) is 36.8 Å². The van der Waals surface area contributed by atoms with Crippen molar-refractivity contribution in [2.24, 2.45) is 0 Å². The van der Waals surface area contributed by atoms with Crippen molar-refractivity contribution in [2.75, 3.05) is 52.1 Å². The molecule has 3 heterocycles. The minimum Gasteiger partial charge on any atom is -0.343 e. The molecule has 9 heteroatoms. The number of anilines is 5.